The molecule has 30 heavy (non-hydrogen) atoms. The lowest BCUT2D eigenvalue weighted by Gasteiger charge is -2.23. The zero-order chi connectivity index (χ0) is 21.3. The van der Waals surface area contributed by atoms with Gasteiger partial charge in [0.05, 0.1) is 12.0 Å². The Morgan fingerprint density at radius 1 is 1.07 bits per heavy atom. The van der Waals surface area contributed by atoms with E-state index in [1.54, 1.807) is 31.3 Å². The zero-order valence-electron chi connectivity index (χ0n) is 17.4. The monoisotopic (exact) mass is 428 g/mol. The predicted octanol–water partition coefficient (Wildman–Crippen LogP) is 3.43. The lowest BCUT2D eigenvalue weighted by Crippen LogP contribution is -2.38. The zero-order valence-corrected chi connectivity index (χ0v) is 18.2. The quantitative estimate of drug-likeness (QED) is 0.733. The first-order valence-electron chi connectivity index (χ1n) is 10.4. The minimum absolute atomic E-state index is 0.0432. The van der Waals surface area contributed by atoms with E-state index in [4.69, 9.17) is 4.74 Å². The smallest absolute Gasteiger partial charge is 0.251 e. The van der Waals surface area contributed by atoms with Crippen molar-refractivity contribution in [2.75, 3.05) is 14.2 Å². The summed E-state index contributed by atoms with van der Waals surface area (Å²) in [6, 6.07) is 13.8. The van der Waals surface area contributed by atoms with Crippen LogP contribution in [-0.2, 0) is 16.6 Å². The molecule has 1 amide bonds. The third-order valence-corrected chi connectivity index (χ3v) is 8.26. The first-order valence-corrected chi connectivity index (χ1v) is 11.8. The molecule has 160 valence electrons. The maximum atomic E-state index is 12.8. The number of sulfonamides is 1. The third kappa shape index (κ3) is 4.23. The van der Waals surface area contributed by atoms with Gasteiger partial charge in [-0.2, -0.15) is 4.31 Å². The SMILES string of the molecule is COc1ccc(S(=O)(=O)N(C)Cc2ccc(C(=O)N[C@H]3C[C@H]4CC[C@H]3C4)cc2)cc1. The summed E-state index contributed by atoms with van der Waals surface area (Å²) < 4.78 is 32.0. The van der Waals surface area contributed by atoms with E-state index >= 15 is 0 Å². The number of hydrogen-bond acceptors (Lipinski definition) is 4. The van der Waals surface area contributed by atoms with Gasteiger partial charge in [-0.3, -0.25) is 4.79 Å². The number of hydrogen-bond donors (Lipinski definition) is 1. The normalized spacial score (nSPS) is 23.0. The Labute approximate surface area is 178 Å². The van der Waals surface area contributed by atoms with Crippen LogP contribution in [0.25, 0.3) is 0 Å². The fourth-order valence-corrected chi connectivity index (χ4v) is 5.86. The molecule has 2 bridgehead atoms. The van der Waals surface area contributed by atoms with Crippen LogP contribution in [0.15, 0.2) is 53.4 Å². The van der Waals surface area contributed by atoms with Crippen LogP contribution in [0.5, 0.6) is 5.75 Å². The second-order valence-corrected chi connectivity index (χ2v) is 10.4. The molecular formula is C23H28N2O4S. The minimum atomic E-state index is -3.61. The molecular weight excluding hydrogens is 400 g/mol. The predicted molar refractivity (Wildman–Crippen MR) is 115 cm³/mol. The van der Waals surface area contributed by atoms with Gasteiger partial charge >= 0.3 is 0 Å². The average molecular weight is 429 g/mol. The molecule has 0 radical (unpaired) electrons. The molecule has 2 aromatic carbocycles. The van der Waals surface area contributed by atoms with E-state index < -0.39 is 10.0 Å². The number of rotatable bonds is 7. The van der Waals surface area contributed by atoms with Gasteiger partial charge in [-0.15, -0.1) is 0 Å². The maximum absolute atomic E-state index is 12.8. The number of fused-ring (bicyclic) bond motifs is 2. The van der Waals surface area contributed by atoms with Crippen LogP contribution >= 0.6 is 0 Å². The highest BCUT2D eigenvalue weighted by Crippen LogP contribution is 2.44. The van der Waals surface area contributed by atoms with Crippen molar-refractivity contribution < 1.29 is 17.9 Å². The Morgan fingerprint density at radius 2 is 1.77 bits per heavy atom. The van der Waals surface area contributed by atoms with E-state index in [0.29, 0.717) is 23.3 Å². The molecule has 0 spiro atoms. The summed E-state index contributed by atoms with van der Waals surface area (Å²) in [5, 5.41) is 3.19. The van der Waals surface area contributed by atoms with Gasteiger partial charge in [0.2, 0.25) is 10.0 Å². The van der Waals surface area contributed by atoms with Crippen LogP contribution in [0.2, 0.25) is 0 Å². The summed E-state index contributed by atoms with van der Waals surface area (Å²) in [7, 11) is -0.521. The lowest BCUT2D eigenvalue weighted by molar-refractivity contribution is 0.0923. The van der Waals surface area contributed by atoms with Gasteiger partial charge in [-0.1, -0.05) is 18.6 Å². The minimum Gasteiger partial charge on any atom is -0.497 e. The molecule has 0 heterocycles. The number of carbonyl (C=O) groups is 1. The largest absolute Gasteiger partial charge is 0.497 e. The molecule has 6 nitrogen and oxygen atoms in total. The number of nitrogens with zero attached hydrogens (tertiary/aromatic N) is 1. The number of ether oxygens (including phenoxy) is 1. The van der Waals surface area contributed by atoms with Crippen molar-refractivity contribution in [3.05, 3.63) is 59.7 Å². The third-order valence-electron chi connectivity index (χ3n) is 6.44. The Bertz CT molecular complexity index is 1000. The van der Waals surface area contributed by atoms with E-state index in [9.17, 15) is 13.2 Å². The van der Waals surface area contributed by atoms with Gasteiger partial charge in [-0.05, 0) is 73.1 Å². The van der Waals surface area contributed by atoms with Crippen LogP contribution in [0.4, 0.5) is 0 Å². The molecule has 2 fully saturated rings. The first kappa shape index (κ1) is 20.9. The van der Waals surface area contributed by atoms with Gasteiger partial charge in [0.25, 0.3) is 5.91 Å². The lowest BCUT2D eigenvalue weighted by atomic mass is 9.95. The van der Waals surface area contributed by atoms with Crippen molar-refractivity contribution >= 4 is 15.9 Å². The maximum Gasteiger partial charge on any atom is 0.251 e. The van der Waals surface area contributed by atoms with E-state index in [1.807, 2.05) is 12.1 Å². The molecule has 3 atom stereocenters. The van der Waals surface area contributed by atoms with Crippen LogP contribution in [-0.4, -0.2) is 38.8 Å². The molecule has 1 N–H and O–H groups in total. The molecule has 0 saturated heterocycles. The highest BCUT2D eigenvalue weighted by atomic mass is 32.2. The fraction of sp³-hybridized carbons (Fsp3) is 0.435. The highest BCUT2D eigenvalue weighted by Gasteiger charge is 2.40. The van der Waals surface area contributed by atoms with E-state index in [1.165, 1.54) is 42.8 Å². The summed E-state index contributed by atoms with van der Waals surface area (Å²) >= 11 is 0. The second kappa shape index (κ2) is 8.40. The van der Waals surface area contributed by atoms with Crippen LogP contribution in [0.3, 0.4) is 0 Å². The standard InChI is InChI=1S/C23H28N2O4S/c1-25(30(27,28)21-11-9-20(29-2)10-12-21)15-16-3-6-18(7-4-16)23(26)24-22-14-17-5-8-19(22)13-17/h3-4,6-7,9-12,17,19,22H,5,8,13-15H2,1-2H3,(H,24,26)/t17-,19-,22-/m0/s1. The van der Waals surface area contributed by atoms with Gasteiger partial charge in [-0.25, -0.2) is 8.42 Å². The number of nitrogens with one attached hydrogen (secondary N) is 1. The summed E-state index contributed by atoms with van der Waals surface area (Å²) in [6.07, 6.45) is 4.88. The summed E-state index contributed by atoms with van der Waals surface area (Å²) in [5.74, 6) is 1.98. The molecule has 2 saturated carbocycles. The number of carbonyl (C=O) groups excluding carboxylic acids is 1. The highest BCUT2D eigenvalue weighted by molar-refractivity contribution is 7.89. The molecule has 0 aliphatic heterocycles. The number of benzene rings is 2. The molecule has 0 aromatic heterocycles. The van der Waals surface area contributed by atoms with Gasteiger partial charge in [0.1, 0.15) is 5.75 Å². The molecule has 2 aliphatic rings. The van der Waals surface area contributed by atoms with E-state index in [2.05, 4.69) is 5.32 Å². The first-order chi connectivity index (χ1) is 14.4. The van der Waals surface area contributed by atoms with Crippen molar-refractivity contribution in [3.8, 4) is 5.75 Å². The Kier molecular flexibility index (Phi) is 5.84. The Balaban J connectivity index is 1.38. The Morgan fingerprint density at radius 3 is 2.33 bits per heavy atom. The molecule has 7 heteroatoms. The van der Waals surface area contributed by atoms with E-state index in [-0.39, 0.29) is 17.3 Å². The molecule has 2 aromatic rings. The Hall–Kier alpha value is -2.38. The summed E-state index contributed by atoms with van der Waals surface area (Å²) in [5.41, 5.74) is 1.44. The van der Waals surface area contributed by atoms with Crippen LogP contribution < -0.4 is 10.1 Å². The van der Waals surface area contributed by atoms with Gasteiger partial charge in [0, 0.05) is 25.2 Å². The van der Waals surface area contributed by atoms with E-state index in [0.717, 1.165) is 17.9 Å². The van der Waals surface area contributed by atoms with Crippen molar-refractivity contribution in [2.45, 2.75) is 43.2 Å². The van der Waals surface area contributed by atoms with Crippen LogP contribution in [0.1, 0.15) is 41.6 Å². The van der Waals surface area contributed by atoms with Crippen LogP contribution in [0, 0.1) is 11.8 Å². The van der Waals surface area contributed by atoms with Gasteiger partial charge in [0.15, 0.2) is 0 Å². The van der Waals surface area contributed by atoms with Gasteiger partial charge < -0.3 is 10.1 Å². The molecule has 4 rings (SSSR count). The number of amides is 1. The molecule has 0 unspecified atom stereocenters. The summed E-state index contributed by atoms with van der Waals surface area (Å²) in [6.45, 7) is 0.225. The van der Waals surface area contributed by atoms with Crippen molar-refractivity contribution in [2.24, 2.45) is 11.8 Å². The fourth-order valence-electron chi connectivity index (χ4n) is 4.70. The topological polar surface area (TPSA) is 75.7 Å². The summed E-state index contributed by atoms with van der Waals surface area (Å²) in [4.78, 5) is 12.8. The average Bonchev–Trinajstić information content (AvgIpc) is 3.37. The van der Waals surface area contributed by atoms with Crippen molar-refractivity contribution in [3.63, 3.8) is 0 Å². The number of methoxy groups -OCH3 is 1. The van der Waals surface area contributed by atoms with Crippen molar-refractivity contribution in [1.29, 1.82) is 0 Å². The van der Waals surface area contributed by atoms with Crippen molar-refractivity contribution in [1.82, 2.24) is 9.62 Å². The second-order valence-electron chi connectivity index (χ2n) is 8.39. The molecule has 2 aliphatic carbocycles.